The van der Waals surface area contributed by atoms with Gasteiger partial charge in [0.2, 0.25) is 0 Å². The zero-order chi connectivity index (χ0) is 17.6. The van der Waals surface area contributed by atoms with E-state index >= 15 is 0 Å². The van der Waals surface area contributed by atoms with Gasteiger partial charge in [0.15, 0.2) is 0 Å². The molecule has 1 amide bonds. The van der Waals surface area contributed by atoms with Gasteiger partial charge < -0.3 is 24.6 Å². The molecular formula is C16H23NO6. The van der Waals surface area contributed by atoms with Crippen LogP contribution in [0.2, 0.25) is 0 Å². The Morgan fingerprint density at radius 2 is 1.70 bits per heavy atom. The van der Waals surface area contributed by atoms with Gasteiger partial charge in [0, 0.05) is 0 Å². The van der Waals surface area contributed by atoms with Gasteiger partial charge in [0.05, 0.1) is 32.2 Å². The summed E-state index contributed by atoms with van der Waals surface area (Å²) < 4.78 is 15.7. The van der Waals surface area contributed by atoms with Crippen molar-refractivity contribution in [2.75, 3.05) is 14.2 Å². The van der Waals surface area contributed by atoms with Gasteiger partial charge in [-0.2, -0.15) is 0 Å². The number of amides is 1. The van der Waals surface area contributed by atoms with Crippen molar-refractivity contribution < 1.29 is 28.9 Å². The molecule has 1 aromatic rings. The number of carbonyl (C=O) groups excluding carboxylic acids is 1. The summed E-state index contributed by atoms with van der Waals surface area (Å²) in [5, 5.41) is 11.7. The Morgan fingerprint density at radius 3 is 2.09 bits per heavy atom. The molecule has 0 unspecified atom stereocenters. The van der Waals surface area contributed by atoms with Crippen LogP contribution < -0.4 is 14.8 Å². The van der Waals surface area contributed by atoms with Gasteiger partial charge in [-0.05, 0) is 32.9 Å². The van der Waals surface area contributed by atoms with Crippen molar-refractivity contribution >= 4 is 12.1 Å². The molecule has 0 bridgehead atoms. The van der Waals surface area contributed by atoms with E-state index in [0.717, 1.165) is 0 Å². The largest absolute Gasteiger partial charge is 0.496 e. The lowest BCUT2D eigenvalue weighted by Crippen LogP contribution is -2.36. The summed E-state index contributed by atoms with van der Waals surface area (Å²) in [7, 11) is 2.92. The molecule has 128 valence electrons. The van der Waals surface area contributed by atoms with Gasteiger partial charge in [-0.3, -0.25) is 4.79 Å². The minimum absolute atomic E-state index is 0.337. The van der Waals surface area contributed by atoms with E-state index in [1.54, 1.807) is 39.0 Å². The third-order valence-electron chi connectivity index (χ3n) is 2.88. The molecule has 0 spiro atoms. The monoisotopic (exact) mass is 325 g/mol. The third-order valence-corrected chi connectivity index (χ3v) is 2.88. The molecule has 7 nitrogen and oxygen atoms in total. The number of ether oxygens (including phenoxy) is 3. The molecule has 23 heavy (non-hydrogen) atoms. The number of carbonyl (C=O) groups is 2. The molecule has 0 heterocycles. The molecule has 0 saturated carbocycles. The van der Waals surface area contributed by atoms with Gasteiger partial charge in [-0.25, -0.2) is 4.79 Å². The molecule has 0 fully saturated rings. The maximum Gasteiger partial charge on any atom is 0.408 e. The van der Waals surface area contributed by atoms with E-state index in [1.807, 2.05) is 0 Å². The molecule has 1 atom stereocenters. The van der Waals surface area contributed by atoms with Gasteiger partial charge in [0.1, 0.15) is 17.1 Å². The van der Waals surface area contributed by atoms with Crippen LogP contribution in [0.4, 0.5) is 4.79 Å². The summed E-state index contributed by atoms with van der Waals surface area (Å²) in [5.41, 5.74) is -0.242. The van der Waals surface area contributed by atoms with E-state index in [0.29, 0.717) is 17.1 Å². The van der Waals surface area contributed by atoms with Crippen LogP contribution >= 0.6 is 0 Å². The first kappa shape index (κ1) is 18.6. The van der Waals surface area contributed by atoms with E-state index in [1.165, 1.54) is 14.2 Å². The zero-order valence-electron chi connectivity index (χ0n) is 14.0. The lowest BCUT2D eigenvalue weighted by atomic mass is 10.0. The second kappa shape index (κ2) is 7.71. The number of hydrogen-bond acceptors (Lipinski definition) is 5. The number of nitrogens with one attached hydrogen (secondary N) is 1. The van der Waals surface area contributed by atoms with Crippen LogP contribution in [0.3, 0.4) is 0 Å². The first-order valence-electron chi connectivity index (χ1n) is 7.10. The fourth-order valence-corrected chi connectivity index (χ4v) is 2.07. The standard InChI is InChI=1S/C16H23NO6/c1-16(2,3)23-15(20)17-10(9-13(18)19)14-11(21-4)7-6-8-12(14)22-5/h6-8,10H,9H2,1-5H3,(H,17,20)(H,18,19)/t10-/m0/s1. The number of benzene rings is 1. The smallest absolute Gasteiger partial charge is 0.408 e. The van der Waals surface area contributed by atoms with Crippen molar-refractivity contribution in [2.45, 2.75) is 38.8 Å². The fraction of sp³-hybridized carbons (Fsp3) is 0.500. The SMILES string of the molecule is COc1cccc(OC)c1[C@H](CC(=O)O)NC(=O)OC(C)(C)C. The minimum Gasteiger partial charge on any atom is -0.496 e. The van der Waals surface area contributed by atoms with Crippen molar-refractivity contribution in [3.63, 3.8) is 0 Å². The zero-order valence-corrected chi connectivity index (χ0v) is 14.0. The predicted molar refractivity (Wildman–Crippen MR) is 83.9 cm³/mol. The molecule has 0 aliphatic carbocycles. The van der Waals surface area contributed by atoms with E-state index in [9.17, 15) is 9.59 Å². The molecule has 1 rings (SSSR count). The Hall–Kier alpha value is -2.44. The molecule has 0 aromatic heterocycles. The normalized spacial score (nSPS) is 12.2. The van der Waals surface area contributed by atoms with Crippen LogP contribution in [0.25, 0.3) is 0 Å². The molecule has 0 aliphatic heterocycles. The van der Waals surface area contributed by atoms with E-state index in [2.05, 4.69) is 5.32 Å². The molecule has 7 heteroatoms. The second-order valence-corrected chi connectivity index (χ2v) is 5.87. The van der Waals surface area contributed by atoms with Crippen LogP contribution in [0.5, 0.6) is 11.5 Å². The summed E-state index contributed by atoms with van der Waals surface area (Å²) in [6.45, 7) is 5.17. The van der Waals surface area contributed by atoms with E-state index in [-0.39, 0.29) is 6.42 Å². The summed E-state index contributed by atoms with van der Waals surface area (Å²) in [4.78, 5) is 23.2. The second-order valence-electron chi connectivity index (χ2n) is 5.87. The lowest BCUT2D eigenvalue weighted by molar-refractivity contribution is -0.137. The van der Waals surface area contributed by atoms with Crippen molar-refractivity contribution in [1.29, 1.82) is 0 Å². The third kappa shape index (κ3) is 5.69. The maximum absolute atomic E-state index is 12.0. The molecule has 0 aliphatic rings. The molecular weight excluding hydrogens is 302 g/mol. The summed E-state index contributed by atoms with van der Waals surface area (Å²) in [5.74, 6) is -0.225. The lowest BCUT2D eigenvalue weighted by Gasteiger charge is -2.25. The van der Waals surface area contributed by atoms with Gasteiger partial charge in [0.25, 0.3) is 0 Å². The number of carboxylic acid groups (broad SMARTS) is 1. The number of carboxylic acids is 1. The number of alkyl carbamates (subject to hydrolysis) is 1. The predicted octanol–water partition coefficient (Wildman–Crippen LogP) is 2.74. The van der Waals surface area contributed by atoms with Crippen molar-refractivity contribution in [3.8, 4) is 11.5 Å². The average molecular weight is 325 g/mol. The molecule has 2 N–H and O–H groups in total. The number of rotatable bonds is 6. The summed E-state index contributed by atoms with van der Waals surface area (Å²) in [6.07, 6.45) is -1.05. The van der Waals surface area contributed by atoms with Gasteiger partial charge >= 0.3 is 12.1 Å². The van der Waals surface area contributed by atoms with Gasteiger partial charge in [-0.1, -0.05) is 6.07 Å². The summed E-state index contributed by atoms with van der Waals surface area (Å²) >= 11 is 0. The van der Waals surface area contributed by atoms with Crippen LogP contribution in [0, 0.1) is 0 Å². The van der Waals surface area contributed by atoms with Gasteiger partial charge in [-0.15, -0.1) is 0 Å². The van der Waals surface area contributed by atoms with Crippen LogP contribution in [0.1, 0.15) is 38.8 Å². The first-order valence-corrected chi connectivity index (χ1v) is 7.10. The van der Waals surface area contributed by atoms with Crippen LogP contribution in [-0.4, -0.2) is 37.0 Å². The summed E-state index contributed by atoms with van der Waals surface area (Å²) in [6, 6.07) is 4.20. The number of hydrogen-bond donors (Lipinski definition) is 2. The van der Waals surface area contributed by atoms with Crippen molar-refractivity contribution in [2.24, 2.45) is 0 Å². The topological polar surface area (TPSA) is 94.1 Å². The fourth-order valence-electron chi connectivity index (χ4n) is 2.07. The number of methoxy groups -OCH3 is 2. The van der Waals surface area contributed by atoms with E-state index < -0.39 is 23.7 Å². The Balaban J connectivity index is 3.17. The Morgan fingerprint density at radius 1 is 1.17 bits per heavy atom. The molecule has 0 saturated heterocycles. The highest BCUT2D eigenvalue weighted by atomic mass is 16.6. The Labute approximate surface area is 135 Å². The highest BCUT2D eigenvalue weighted by Crippen LogP contribution is 2.35. The maximum atomic E-state index is 12.0. The minimum atomic E-state index is -1.07. The molecule has 0 radical (unpaired) electrons. The van der Waals surface area contributed by atoms with Crippen LogP contribution in [-0.2, 0) is 9.53 Å². The van der Waals surface area contributed by atoms with Crippen LogP contribution in [0.15, 0.2) is 18.2 Å². The Kier molecular flexibility index (Phi) is 6.24. The highest BCUT2D eigenvalue weighted by Gasteiger charge is 2.27. The van der Waals surface area contributed by atoms with Crippen molar-refractivity contribution in [3.05, 3.63) is 23.8 Å². The Bertz CT molecular complexity index is 542. The van der Waals surface area contributed by atoms with E-state index in [4.69, 9.17) is 19.3 Å². The quantitative estimate of drug-likeness (QED) is 0.835. The highest BCUT2D eigenvalue weighted by molar-refractivity contribution is 5.73. The first-order chi connectivity index (χ1) is 10.7. The number of aliphatic carboxylic acids is 1. The average Bonchev–Trinajstić information content (AvgIpc) is 2.43. The van der Waals surface area contributed by atoms with Crippen molar-refractivity contribution in [1.82, 2.24) is 5.32 Å². The molecule has 1 aromatic carbocycles.